The highest BCUT2D eigenvalue weighted by Gasteiger charge is 2.13. The lowest BCUT2D eigenvalue weighted by Crippen LogP contribution is -2.29. The highest BCUT2D eigenvalue weighted by molar-refractivity contribution is 4.44. The Hall–Kier alpha value is -0.160. The van der Waals surface area contributed by atoms with Gasteiger partial charge in [-0.1, -0.05) is 0 Å². The van der Waals surface area contributed by atoms with E-state index in [2.05, 4.69) is 4.89 Å². The first-order chi connectivity index (χ1) is 3.93. The average Bonchev–Trinajstić information content (AvgIpc) is 1.90. The molecule has 0 N–H and O–H groups in total. The molecule has 4 nitrogen and oxygen atoms in total. The average molecular weight is 119 g/mol. The normalized spacial score (nSPS) is 30.4. The molecule has 1 rings (SSSR count). The van der Waals surface area contributed by atoms with Crippen LogP contribution >= 0.6 is 0 Å². The Bertz CT molecular complexity index is 59.1. The van der Waals surface area contributed by atoms with Crippen molar-refractivity contribution in [2.45, 2.75) is 6.29 Å². The molecule has 1 atom stereocenters. The molecule has 1 unspecified atom stereocenters. The van der Waals surface area contributed by atoms with E-state index in [4.69, 9.17) is 9.47 Å². The van der Waals surface area contributed by atoms with Crippen LogP contribution in [0.15, 0.2) is 0 Å². The predicted octanol–water partition coefficient (Wildman–Crippen LogP) is -0.279. The molecule has 1 saturated heterocycles. The molecule has 0 aromatic rings. The zero-order valence-electron chi connectivity index (χ0n) is 4.33. The van der Waals surface area contributed by atoms with Crippen LogP contribution in [0.25, 0.3) is 0 Å². The first kappa shape index (κ1) is 5.97. The minimum absolute atomic E-state index is 0.253. The van der Waals surface area contributed by atoms with Crippen LogP contribution in [0, 0.1) is 0 Å². The van der Waals surface area contributed by atoms with Crippen LogP contribution in [0.5, 0.6) is 0 Å². The molecule has 1 aliphatic rings. The molecule has 8 heavy (non-hydrogen) atoms. The molecule has 4 heteroatoms. The van der Waals surface area contributed by atoms with E-state index in [1.54, 1.807) is 0 Å². The predicted molar refractivity (Wildman–Crippen MR) is 22.3 cm³/mol. The second kappa shape index (κ2) is 2.99. The maximum atomic E-state index is 9.58. The molecule has 0 bridgehead atoms. The van der Waals surface area contributed by atoms with Gasteiger partial charge in [-0.25, -0.2) is 0 Å². The van der Waals surface area contributed by atoms with Crippen LogP contribution in [0.1, 0.15) is 0 Å². The van der Waals surface area contributed by atoms with Crippen molar-refractivity contribution in [2.75, 3.05) is 19.8 Å². The van der Waals surface area contributed by atoms with Crippen molar-refractivity contribution in [3.05, 3.63) is 0 Å². The Balaban J connectivity index is 2.13. The van der Waals surface area contributed by atoms with Crippen molar-refractivity contribution in [1.82, 2.24) is 0 Å². The van der Waals surface area contributed by atoms with E-state index in [0.717, 1.165) is 0 Å². The maximum absolute atomic E-state index is 9.58. The Morgan fingerprint density at radius 1 is 1.50 bits per heavy atom. The van der Waals surface area contributed by atoms with Crippen LogP contribution in [-0.4, -0.2) is 26.1 Å². The first-order valence-corrected chi connectivity index (χ1v) is 2.41. The molecule has 0 aliphatic carbocycles. The molecule has 1 heterocycles. The van der Waals surface area contributed by atoms with Crippen LogP contribution in [-0.2, 0) is 19.6 Å². The van der Waals surface area contributed by atoms with Gasteiger partial charge in [0.25, 0.3) is 0 Å². The number of ether oxygens (including phenoxy) is 2. The van der Waals surface area contributed by atoms with Crippen LogP contribution in [0.4, 0.5) is 0 Å². The zero-order valence-corrected chi connectivity index (χ0v) is 4.33. The van der Waals surface area contributed by atoms with Gasteiger partial charge in [-0.3, -0.25) is 0 Å². The van der Waals surface area contributed by atoms with Crippen molar-refractivity contribution in [1.29, 1.82) is 0 Å². The van der Waals surface area contributed by atoms with Gasteiger partial charge in [0.15, 0.2) is 0 Å². The van der Waals surface area contributed by atoms with Gasteiger partial charge >= 0.3 is 0 Å². The monoisotopic (exact) mass is 119 g/mol. The third-order valence-corrected chi connectivity index (χ3v) is 0.893. The number of hydrogen-bond donors (Lipinski definition) is 0. The summed E-state index contributed by atoms with van der Waals surface area (Å²) in [6, 6.07) is 0. The zero-order chi connectivity index (χ0) is 5.82. The SMILES string of the molecule is [O]OC1COCCO1. The maximum Gasteiger partial charge on any atom is 0.218 e. The molecule has 0 saturated carbocycles. The van der Waals surface area contributed by atoms with E-state index >= 15 is 0 Å². The summed E-state index contributed by atoms with van der Waals surface area (Å²) in [7, 11) is 0. The molecule has 0 aromatic carbocycles. The van der Waals surface area contributed by atoms with E-state index in [-0.39, 0.29) is 6.61 Å². The number of rotatable bonds is 1. The summed E-state index contributed by atoms with van der Waals surface area (Å²) in [5, 5.41) is 9.58. The molecule has 1 radical (unpaired) electrons. The smallest absolute Gasteiger partial charge is 0.218 e. The summed E-state index contributed by atoms with van der Waals surface area (Å²) in [5.74, 6) is 0. The third-order valence-electron chi connectivity index (χ3n) is 0.893. The summed E-state index contributed by atoms with van der Waals surface area (Å²) >= 11 is 0. The molecule has 0 amide bonds. The Kier molecular flexibility index (Phi) is 2.23. The second-order valence-corrected chi connectivity index (χ2v) is 1.47. The fourth-order valence-electron chi connectivity index (χ4n) is 0.522. The standard InChI is InChI=1S/C4H7O4/c5-8-4-3-6-1-2-7-4/h4H,1-3H2. The van der Waals surface area contributed by atoms with Gasteiger partial charge in [0, 0.05) is 0 Å². The van der Waals surface area contributed by atoms with E-state index in [0.29, 0.717) is 13.2 Å². The highest BCUT2D eigenvalue weighted by Crippen LogP contribution is 1.99. The van der Waals surface area contributed by atoms with Crippen molar-refractivity contribution >= 4 is 0 Å². The van der Waals surface area contributed by atoms with Gasteiger partial charge < -0.3 is 9.47 Å². The van der Waals surface area contributed by atoms with E-state index in [1.807, 2.05) is 0 Å². The highest BCUT2D eigenvalue weighted by atomic mass is 17.1. The van der Waals surface area contributed by atoms with Gasteiger partial charge in [0.2, 0.25) is 6.29 Å². The van der Waals surface area contributed by atoms with Crippen LogP contribution in [0.2, 0.25) is 0 Å². The fourth-order valence-corrected chi connectivity index (χ4v) is 0.522. The number of hydrogen-bond acceptors (Lipinski definition) is 3. The lowest BCUT2D eigenvalue weighted by atomic mass is 10.6. The van der Waals surface area contributed by atoms with E-state index < -0.39 is 6.29 Å². The van der Waals surface area contributed by atoms with Gasteiger partial charge in [-0.15, -0.1) is 0 Å². The van der Waals surface area contributed by atoms with E-state index in [9.17, 15) is 5.26 Å². The Morgan fingerprint density at radius 3 is 2.75 bits per heavy atom. The molecule has 0 aromatic heterocycles. The second-order valence-electron chi connectivity index (χ2n) is 1.47. The summed E-state index contributed by atoms with van der Waals surface area (Å²) < 4.78 is 9.59. The largest absolute Gasteiger partial charge is 0.374 e. The fraction of sp³-hybridized carbons (Fsp3) is 1.00. The summed E-state index contributed by atoms with van der Waals surface area (Å²) in [4.78, 5) is 3.59. The first-order valence-electron chi connectivity index (χ1n) is 2.41. The quantitative estimate of drug-likeness (QED) is 0.352. The van der Waals surface area contributed by atoms with E-state index in [1.165, 1.54) is 0 Å². The third kappa shape index (κ3) is 1.41. The minimum Gasteiger partial charge on any atom is -0.374 e. The van der Waals surface area contributed by atoms with Crippen LogP contribution in [0.3, 0.4) is 0 Å². The van der Waals surface area contributed by atoms with Gasteiger partial charge in [0.1, 0.15) is 6.61 Å². The van der Waals surface area contributed by atoms with Gasteiger partial charge in [0.05, 0.1) is 13.2 Å². The van der Waals surface area contributed by atoms with Crippen molar-refractivity contribution < 1.29 is 19.6 Å². The molecular formula is C4H7O4. The summed E-state index contributed by atoms with van der Waals surface area (Å²) in [6.07, 6.45) is -0.691. The topological polar surface area (TPSA) is 47.6 Å². The molecule has 0 spiro atoms. The molecular weight excluding hydrogens is 112 g/mol. The summed E-state index contributed by atoms with van der Waals surface area (Å²) in [6.45, 7) is 1.26. The summed E-state index contributed by atoms with van der Waals surface area (Å²) in [5.41, 5.74) is 0. The van der Waals surface area contributed by atoms with Gasteiger partial charge in [-0.2, -0.15) is 4.89 Å². The van der Waals surface area contributed by atoms with Crippen molar-refractivity contribution in [2.24, 2.45) is 0 Å². The van der Waals surface area contributed by atoms with Crippen molar-refractivity contribution in [3.63, 3.8) is 0 Å². The van der Waals surface area contributed by atoms with Gasteiger partial charge in [-0.05, 0) is 5.26 Å². The minimum atomic E-state index is -0.691. The Morgan fingerprint density at radius 2 is 2.38 bits per heavy atom. The molecule has 1 fully saturated rings. The van der Waals surface area contributed by atoms with Crippen molar-refractivity contribution in [3.8, 4) is 0 Å². The lowest BCUT2D eigenvalue weighted by molar-refractivity contribution is -0.406. The lowest BCUT2D eigenvalue weighted by Gasteiger charge is -2.18. The van der Waals surface area contributed by atoms with Crippen LogP contribution < -0.4 is 0 Å². The molecule has 47 valence electrons. The molecule has 1 aliphatic heterocycles. The Labute approximate surface area is 46.9 Å².